The van der Waals surface area contributed by atoms with Crippen LogP contribution in [-0.4, -0.2) is 20.9 Å². The number of aromatic nitrogens is 2. The molecule has 1 aromatic rings. The Morgan fingerprint density at radius 3 is 2.80 bits per heavy atom. The minimum Gasteiger partial charge on any atom is -0.480 e. The lowest BCUT2D eigenvalue weighted by molar-refractivity contribution is -0.137. The molecule has 0 unspecified atom stereocenters. The molecule has 0 saturated carbocycles. The van der Waals surface area contributed by atoms with Gasteiger partial charge in [0.15, 0.2) is 0 Å². The first kappa shape index (κ1) is 10.0. The fourth-order valence-corrected chi connectivity index (χ4v) is 2.06. The molecule has 0 spiro atoms. The molecule has 82 valence electrons. The van der Waals surface area contributed by atoms with Crippen LogP contribution in [-0.2, 0) is 24.2 Å². The smallest absolute Gasteiger partial charge is 0.325 e. The van der Waals surface area contributed by atoms with Crippen molar-refractivity contribution in [3.05, 3.63) is 21.6 Å². The molecule has 0 radical (unpaired) electrons. The van der Waals surface area contributed by atoms with E-state index in [0.717, 1.165) is 43.4 Å². The highest BCUT2D eigenvalue weighted by atomic mass is 16.4. The van der Waals surface area contributed by atoms with Gasteiger partial charge in [0.1, 0.15) is 6.54 Å². The molecule has 0 bridgehead atoms. The highest BCUT2D eigenvalue weighted by Gasteiger charge is 2.17. The van der Waals surface area contributed by atoms with Gasteiger partial charge in [-0.05, 0) is 25.7 Å². The fraction of sp³-hybridized carbons (Fsp3) is 0.600. The number of aliphatic carboxylic acids is 1. The Morgan fingerprint density at radius 2 is 2.07 bits per heavy atom. The van der Waals surface area contributed by atoms with Gasteiger partial charge in [-0.1, -0.05) is 6.42 Å². The molecule has 0 amide bonds. The van der Waals surface area contributed by atoms with Gasteiger partial charge in [-0.2, -0.15) is 0 Å². The van der Waals surface area contributed by atoms with Crippen LogP contribution in [0.4, 0.5) is 0 Å². The first-order chi connectivity index (χ1) is 7.18. The molecular weight excluding hydrogens is 196 g/mol. The fourth-order valence-electron chi connectivity index (χ4n) is 2.06. The van der Waals surface area contributed by atoms with Crippen LogP contribution in [0, 0.1) is 0 Å². The highest BCUT2D eigenvalue weighted by Crippen LogP contribution is 2.15. The maximum Gasteiger partial charge on any atom is 0.325 e. The Morgan fingerprint density at radius 1 is 1.33 bits per heavy atom. The van der Waals surface area contributed by atoms with Crippen LogP contribution in [0.2, 0.25) is 0 Å². The average Bonchev–Trinajstić information content (AvgIpc) is 2.40. The Bertz CT molecular complexity index is 430. The van der Waals surface area contributed by atoms with E-state index in [1.165, 1.54) is 4.68 Å². The number of rotatable bonds is 2. The third-order valence-corrected chi connectivity index (χ3v) is 2.78. The molecule has 2 rings (SSSR count). The second-order valence-electron chi connectivity index (χ2n) is 3.91. The van der Waals surface area contributed by atoms with E-state index in [0.29, 0.717) is 0 Å². The minimum absolute atomic E-state index is 0.158. The highest BCUT2D eigenvalue weighted by molar-refractivity contribution is 5.66. The van der Waals surface area contributed by atoms with Gasteiger partial charge in [0.05, 0.1) is 0 Å². The topological polar surface area (TPSA) is 75.1 Å². The van der Waals surface area contributed by atoms with Crippen LogP contribution in [0.1, 0.15) is 30.5 Å². The van der Waals surface area contributed by atoms with Gasteiger partial charge in [-0.25, -0.2) is 4.68 Å². The largest absolute Gasteiger partial charge is 0.480 e. The number of carboxylic acids is 1. The van der Waals surface area contributed by atoms with Crippen molar-refractivity contribution in [2.45, 2.75) is 38.6 Å². The molecule has 1 aromatic heterocycles. The maximum absolute atomic E-state index is 11.8. The van der Waals surface area contributed by atoms with E-state index in [2.05, 4.69) is 5.10 Å². The van der Waals surface area contributed by atoms with Gasteiger partial charge in [0.25, 0.3) is 5.56 Å². The minimum atomic E-state index is -0.992. The molecule has 0 fully saturated rings. The Balaban J connectivity index is 2.36. The van der Waals surface area contributed by atoms with Crippen molar-refractivity contribution in [2.75, 3.05) is 0 Å². The standard InChI is InChI=1S/C10H14N2O3/c13-9(14)6-12-10(15)7-4-2-1-3-5-8(7)11-12/h11H,1-6H2,(H,13,14). The molecule has 1 aliphatic rings. The SMILES string of the molecule is O=C(O)Cn1[nH]c2c(c1=O)CCCCC2. The lowest BCUT2D eigenvalue weighted by Crippen LogP contribution is -2.23. The predicted octanol–water partition coefficient (Wildman–Crippen LogP) is 0.530. The lowest BCUT2D eigenvalue weighted by Gasteiger charge is -1.97. The van der Waals surface area contributed by atoms with E-state index in [1.807, 2.05) is 0 Å². The van der Waals surface area contributed by atoms with Gasteiger partial charge < -0.3 is 5.11 Å². The number of fused-ring (bicyclic) bond motifs is 1. The summed E-state index contributed by atoms with van der Waals surface area (Å²) in [4.78, 5) is 22.3. The number of nitrogens with zero attached hydrogens (tertiary/aromatic N) is 1. The molecule has 1 heterocycles. The Kier molecular flexibility index (Phi) is 2.62. The number of aryl methyl sites for hydroxylation is 1. The van der Waals surface area contributed by atoms with Crippen LogP contribution < -0.4 is 5.56 Å². The number of hydrogen-bond acceptors (Lipinski definition) is 2. The normalized spacial score (nSPS) is 15.7. The Hall–Kier alpha value is -1.52. The zero-order valence-corrected chi connectivity index (χ0v) is 8.45. The maximum atomic E-state index is 11.8. The zero-order chi connectivity index (χ0) is 10.8. The number of nitrogens with one attached hydrogen (secondary N) is 1. The van der Waals surface area contributed by atoms with E-state index in [9.17, 15) is 9.59 Å². The van der Waals surface area contributed by atoms with E-state index < -0.39 is 5.97 Å². The lowest BCUT2D eigenvalue weighted by atomic mass is 10.1. The monoisotopic (exact) mass is 210 g/mol. The van der Waals surface area contributed by atoms with Crippen LogP contribution in [0.5, 0.6) is 0 Å². The first-order valence-corrected chi connectivity index (χ1v) is 5.21. The summed E-state index contributed by atoms with van der Waals surface area (Å²) in [5, 5.41) is 11.5. The quantitative estimate of drug-likeness (QED) is 0.699. The van der Waals surface area contributed by atoms with Crippen molar-refractivity contribution in [1.29, 1.82) is 0 Å². The summed E-state index contributed by atoms with van der Waals surface area (Å²) in [6.07, 6.45) is 4.86. The molecule has 0 aliphatic heterocycles. The predicted molar refractivity (Wildman–Crippen MR) is 53.9 cm³/mol. The summed E-state index contributed by atoms with van der Waals surface area (Å²) in [5.41, 5.74) is 1.56. The van der Waals surface area contributed by atoms with E-state index >= 15 is 0 Å². The molecule has 0 atom stereocenters. The van der Waals surface area contributed by atoms with Crippen LogP contribution in [0.3, 0.4) is 0 Å². The van der Waals surface area contributed by atoms with Crippen molar-refractivity contribution in [3.63, 3.8) is 0 Å². The van der Waals surface area contributed by atoms with Crippen molar-refractivity contribution < 1.29 is 9.90 Å². The van der Waals surface area contributed by atoms with Gasteiger partial charge >= 0.3 is 5.97 Å². The van der Waals surface area contributed by atoms with Crippen LogP contribution >= 0.6 is 0 Å². The average molecular weight is 210 g/mol. The summed E-state index contributed by atoms with van der Waals surface area (Å²) in [7, 11) is 0. The Labute approximate surface area is 86.7 Å². The third-order valence-electron chi connectivity index (χ3n) is 2.78. The summed E-state index contributed by atoms with van der Waals surface area (Å²) in [6.45, 7) is -0.272. The second-order valence-corrected chi connectivity index (χ2v) is 3.91. The molecule has 5 nitrogen and oxygen atoms in total. The summed E-state index contributed by atoms with van der Waals surface area (Å²) in [6, 6.07) is 0. The number of carboxylic acid groups (broad SMARTS) is 1. The van der Waals surface area contributed by atoms with Gasteiger partial charge in [0.2, 0.25) is 0 Å². The number of carbonyl (C=O) groups is 1. The van der Waals surface area contributed by atoms with E-state index in [1.54, 1.807) is 0 Å². The van der Waals surface area contributed by atoms with E-state index in [-0.39, 0.29) is 12.1 Å². The van der Waals surface area contributed by atoms with Crippen molar-refractivity contribution in [3.8, 4) is 0 Å². The van der Waals surface area contributed by atoms with Crippen molar-refractivity contribution >= 4 is 5.97 Å². The van der Waals surface area contributed by atoms with E-state index in [4.69, 9.17) is 5.11 Å². The molecule has 15 heavy (non-hydrogen) atoms. The molecular formula is C10H14N2O3. The summed E-state index contributed by atoms with van der Waals surface area (Å²) >= 11 is 0. The van der Waals surface area contributed by atoms with Crippen molar-refractivity contribution in [1.82, 2.24) is 9.78 Å². The zero-order valence-electron chi connectivity index (χ0n) is 8.45. The molecule has 1 aliphatic carbocycles. The van der Waals surface area contributed by atoms with Gasteiger partial charge in [-0.15, -0.1) is 0 Å². The van der Waals surface area contributed by atoms with Crippen LogP contribution in [0.15, 0.2) is 4.79 Å². The molecule has 0 aromatic carbocycles. The summed E-state index contributed by atoms with van der Waals surface area (Å²) < 4.78 is 1.19. The molecule has 5 heteroatoms. The van der Waals surface area contributed by atoms with Gasteiger partial charge in [0, 0.05) is 11.3 Å². The third kappa shape index (κ3) is 1.95. The first-order valence-electron chi connectivity index (χ1n) is 5.21. The number of aromatic amines is 1. The molecule has 2 N–H and O–H groups in total. The number of H-pyrrole nitrogens is 1. The summed E-state index contributed by atoms with van der Waals surface area (Å²) in [5.74, 6) is -0.992. The molecule has 0 saturated heterocycles. The second kappa shape index (κ2) is 3.92. The van der Waals surface area contributed by atoms with Crippen molar-refractivity contribution in [2.24, 2.45) is 0 Å². The van der Waals surface area contributed by atoms with Gasteiger partial charge in [-0.3, -0.25) is 14.7 Å². The number of hydrogen-bond donors (Lipinski definition) is 2. The van der Waals surface area contributed by atoms with Crippen LogP contribution in [0.25, 0.3) is 0 Å².